The van der Waals surface area contributed by atoms with Crippen LogP contribution in [-0.4, -0.2) is 25.6 Å². The van der Waals surface area contributed by atoms with Crippen molar-refractivity contribution in [2.45, 2.75) is 128 Å². The van der Waals surface area contributed by atoms with Crippen molar-refractivity contribution in [1.29, 1.82) is 0 Å². The maximum Gasteiger partial charge on any atom is 0.294 e. The first-order valence-corrected chi connectivity index (χ1v) is 12.6. The van der Waals surface area contributed by atoms with Gasteiger partial charge in [-0.2, -0.15) is 8.42 Å². The third-order valence-corrected chi connectivity index (χ3v) is 6.42. The maximum atomic E-state index is 11.4. The molecule has 26 heavy (non-hydrogen) atoms. The lowest BCUT2D eigenvalue weighted by Crippen LogP contribution is -2.22. The highest BCUT2D eigenvalue weighted by molar-refractivity contribution is 7.87. The van der Waals surface area contributed by atoms with Crippen molar-refractivity contribution in [2.24, 2.45) is 0 Å². The standard InChI is InChI=1S/C21H44O4S/c1-3-5-6-7-8-9-10-11-12-13-14-15-16-17-18-19-20-25-26(23,24)21(22)4-2/h21-22H,3-20H2,1-2H3. The fourth-order valence-electron chi connectivity index (χ4n) is 3.11. The quantitative estimate of drug-likeness (QED) is 0.194. The molecule has 5 heteroatoms. The molecule has 0 saturated carbocycles. The monoisotopic (exact) mass is 392 g/mol. The smallest absolute Gasteiger partial charge is 0.294 e. The number of hydrogen-bond acceptors (Lipinski definition) is 4. The lowest BCUT2D eigenvalue weighted by molar-refractivity contribution is 0.206. The Morgan fingerprint density at radius 1 is 0.654 bits per heavy atom. The Morgan fingerprint density at radius 2 is 1.00 bits per heavy atom. The average Bonchev–Trinajstić information content (AvgIpc) is 2.63. The average molecular weight is 393 g/mol. The number of aliphatic hydroxyl groups is 1. The summed E-state index contributed by atoms with van der Waals surface area (Å²) in [5.41, 5.74) is -1.39. The summed E-state index contributed by atoms with van der Waals surface area (Å²) in [5, 5.41) is 9.31. The van der Waals surface area contributed by atoms with Gasteiger partial charge in [-0.15, -0.1) is 0 Å². The first-order valence-electron chi connectivity index (χ1n) is 11.1. The summed E-state index contributed by atoms with van der Waals surface area (Å²) in [5.74, 6) is 0. The van der Waals surface area contributed by atoms with Crippen LogP contribution >= 0.6 is 0 Å². The minimum Gasteiger partial charge on any atom is -0.375 e. The van der Waals surface area contributed by atoms with E-state index in [1.54, 1.807) is 6.92 Å². The molecule has 0 aromatic carbocycles. The Hall–Kier alpha value is -0.130. The first kappa shape index (κ1) is 25.9. The Morgan fingerprint density at radius 3 is 1.35 bits per heavy atom. The predicted octanol–water partition coefficient (Wildman–Crippen LogP) is 6.32. The van der Waals surface area contributed by atoms with Crippen LogP contribution < -0.4 is 0 Å². The van der Waals surface area contributed by atoms with Gasteiger partial charge in [0.05, 0.1) is 6.61 Å². The molecule has 1 atom stereocenters. The van der Waals surface area contributed by atoms with Crippen molar-refractivity contribution in [3.05, 3.63) is 0 Å². The number of aliphatic hydroxyl groups excluding tert-OH is 1. The molecular weight excluding hydrogens is 348 g/mol. The second-order valence-corrected chi connectivity index (χ2v) is 9.25. The van der Waals surface area contributed by atoms with E-state index in [4.69, 9.17) is 4.18 Å². The topological polar surface area (TPSA) is 63.6 Å². The third-order valence-electron chi connectivity index (χ3n) is 4.93. The normalized spacial score (nSPS) is 13.2. The van der Waals surface area contributed by atoms with Crippen LogP contribution in [0.25, 0.3) is 0 Å². The lowest BCUT2D eigenvalue weighted by atomic mass is 10.0. The van der Waals surface area contributed by atoms with Crippen LogP contribution in [0, 0.1) is 0 Å². The highest BCUT2D eigenvalue weighted by Crippen LogP contribution is 2.14. The molecule has 0 aromatic heterocycles. The van der Waals surface area contributed by atoms with Crippen LogP contribution in [0.1, 0.15) is 123 Å². The molecule has 0 amide bonds. The van der Waals surface area contributed by atoms with Gasteiger partial charge in [0.25, 0.3) is 10.1 Å². The van der Waals surface area contributed by atoms with Crippen molar-refractivity contribution >= 4 is 10.1 Å². The van der Waals surface area contributed by atoms with Crippen molar-refractivity contribution in [2.75, 3.05) is 6.61 Å². The number of unbranched alkanes of at least 4 members (excludes halogenated alkanes) is 15. The van der Waals surface area contributed by atoms with Crippen LogP contribution in [0.2, 0.25) is 0 Å². The molecule has 0 aliphatic carbocycles. The number of rotatable bonds is 20. The van der Waals surface area contributed by atoms with E-state index in [2.05, 4.69) is 6.92 Å². The van der Waals surface area contributed by atoms with Gasteiger partial charge in [0.1, 0.15) is 0 Å². The van der Waals surface area contributed by atoms with E-state index in [9.17, 15) is 13.5 Å². The van der Waals surface area contributed by atoms with Crippen molar-refractivity contribution < 1.29 is 17.7 Å². The summed E-state index contributed by atoms with van der Waals surface area (Å²) in [6.07, 6.45) is 20.8. The van der Waals surface area contributed by atoms with Gasteiger partial charge in [0.2, 0.25) is 0 Å². The molecule has 0 aliphatic heterocycles. The zero-order valence-corrected chi connectivity index (χ0v) is 18.2. The van der Waals surface area contributed by atoms with Gasteiger partial charge in [-0.1, -0.05) is 110 Å². The fourth-order valence-corrected chi connectivity index (χ4v) is 4.02. The minimum absolute atomic E-state index is 0.168. The maximum absolute atomic E-state index is 11.4. The molecule has 0 spiro atoms. The Kier molecular flexibility index (Phi) is 18.2. The third kappa shape index (κ3) is 16.1. The molecule has 0 aliphatic rings. The first-order chi connectivity index (χ1) is 12.5. The van der Waals surface area contributed by atoms with Gasteiger partial charge in [-0.3, -0.25) is 4.18 Å². The van der Waals surface area contributed by atoms with Crippen LogP contribution in [0.4, 0.5) is 0 Å². The minimum atomic E-state index is -3.78. The van der Waals surface area contributed by atoms with E-state index >= 15 is 0 Å². The van der Waals surface area contributed by atoms with Crippen LogP contribution in [0.5, 0.6) is 0 Å². The summed E-state index contributed by atoms with van der Waals surface area (Å²) < 4.78 is 27.7. The van der Waals surface area contributed by atoms with E-state index in [0.717, 1.165) is 19.3 Å². The van der Waals surface area contributed by atoms with E-state index in [0.29, 0.717) is 0 Å². The molecule has 0 radical (unpaired) electrons. The van der Waals surface area contributed by atoms with Gasteiger partial charge in [0, 0.05) is 0 Å². The van der Waals surface area contributed by atoms with Crippen molar-refractivity contribution in [3.63, 3.8) is 0 Å². The van der Waals surface area contributed by atoms with Crippen molar-refractivity contribution in [1.82, 2.24) is 0 Å². The van der Waals surface area contributed by atoms with E-state index in [1.807, 2.05) is 0 Å². The molecule has 0 fully saturated rings. The van der Waals surface area contributed by atoms with Gasteiger partial charge >= 0.3 is 0 Å². The van der Waals surface area contributed by atoms with Crippen LogP contribution in [0.15, 0.2) is 0 Å². The predicted molar refractivity (Wildman–Crippen MR) is 111 cm³/mol. The molecule has 0 aromatic rings. The van der Waals surface area contributed by atoms with E-state index in [-0.39, 0.29) is 13.0 Å². The van der Waals surface area contributed by atoms with Crippen LogP contribution in [-0.2, 0) is 14.3 Å². The highest BCUT2D eigenvalue weighted by atomic mass is 32.2. The summed E-state index contributed by atoms with van der Waals surface area (Å²) in [7, 11) is -3.78. The fraction of sp³-hybridized carbons (Fsp3) is 1.00. The van der Waals surface area contributed by atoms with E-state index in [1.165, 1.54) is 83.5 Å². The molecule has 0 heterocycles. The SMILES string of the molecule is CCCCCCCCCCCCCCCCCCOS(=O)(=O)C(O)CC. The van der Waals surface area contributed by atoms with Crippen molar-refractivity contribution in [3.8, 4) is 0 Å². The summed E-state index contributed by atoms with van der Waals surface area (Å²) in [4.78, 5) is 0. The molecule has 0 rings (SSSR count). The largest absolute Gasteiger partial charge is 0.375 e. The Bertz CT molecular complexity index is 381. The highest BCUT2D eigenvalue weighted by Gasteiger charge is 2.21. The van der Waals surface area contributed by atoms with Gasteiger partial charge in [-0.05, 0) is 12.8 Å². The summed E-state index contributed by atoms with van der Waals surface area (Å²) in [6.45, 7) is 4.08. The van der Waals surface area contributed by atoms with Gasteiger partial charge < -0.3 is 5.11 Å². The zero-order valence-electron chi connectivity index (χ0n) is 17.4. The number of hydrogen-bond donors (Lipinski definition) is 1. The Labute approximate surface area is 163 Å². The zero-order chi connectivity index (χ0) is 19.5. The molecule has 158 valence electrons. The molecule has 1 N–H and O–H groups in total. The molecule has 0 bridgehead atoms. The molecule has 1 unspecified atom stereocenters. The summed E-state index contributed by atoms with van der Waals surface area (Å²) >= 11 is 0. The second-order valence-electron chi connectivity index (χ2n) is 7.48. The summed E-state index contributed by atoms with van der Waals surface area (Å²) in [6, 6.07) is 0. The molecule has 0 saturated heterocycles. The van der Waals surface area contributed by atoms with Crippen LogP contribution in [0.3, 0.4) is 0 Å². The Balaban J connectivity index is 3.20. The van der Waals surface area contributed by atoms with Gasteiger partial charge in [-0.25, -0.2) is 0 Å². The second kappa shape index (κ2) is 18.2. The van der Waals surface area contributed by atoms with E-state index < -0.39 is 15.6 Å². The molecule has 4 nitrogen and oxygen atoms in total. The molecular formula is C21H44O4S. The lowest BCUT2D eigenvalue weighted by Gasteiger charge is -2.09. The van der Waals surface area contributed by atoms with Gasteiger partial charge in [0.15, 0.2) is 5.44 Å².